The molecule has 1 fully saturated rings. The van der Waals surface area contributed by atoms with Gasteiger partial charge in [-0.2, -0.15) is 13.2 Å². The van der Waals surface area contributed by atoms with Crippen molar-refractivity contribution in [2.75, 3.05) is 6.54 Å². The zero-order valence-electron chi connectivity index (χ0n) is 12.8. The monoisotopic (exact) mass is 329 g/mol. The van der Waals surface area contributed by atoms with Crippen LogP contribution in [0.2, 0.25) is 0 Å². The third kappa shape index (κ3) is 3.09. The second-order valence-corrected chi connectivity index (χ2v) is 6.09. The van der Waals surface area contributed by atoms with E-state index in [-0.39, 0.29) is 18.7 Å². The lowest BCUT2D eigenvalue weighted by molar-refractivity contribution is -0.170. The van der Waals surface area contributed by atoms with Crippen molar-refractivity contribution in [3.63, 3.8) is 0 Å². The first kappa shape index (κ1) is 15.9. The van der Waals surface area contributed by atoms with E-state index < -0.39 is 17.9 Å². The molecule has 3 rings (SSSR count). The predicted molar refractivity (Wildman–Crippen MR) is 74.5 cm³/mol. The Morgan fingerprint density at radius 2 is 2.13 bits per heavy atom. The minimum absolute atomic E-state index is 0.0906. The molecule has 0 N–H and O–H groups in total. The molecular weight excluding hydrogens is 311 g/mol. The topological polar surface area (TPSA) is 62.9 Å². The SMILES string of the molecule is Cn1ccnc1CC(=O)N1CCCCC1CC1(C(F)(F)F)N=N1. The molecule has 0 saturated carbocycles. The van der Waals surface area contributed by atoms with Crippen molar-refractivity contribution >= 4 is 5.91 Å². The minimum atomic E-state index is -4.49. The Kier molecular flexibility index (Phi) is 3.89. The van der Waals surface area contributed by atoms with Crippen LogP contribution in [0.25, 0.3) is 0 Å². The first-order chi connectivity index (χ1) is 10.8. The highest BCUT2D eigenvalue weighted by Crippen LogP contribution is 2.48. The molecule has 0 spiro atoms. The number of carbonyl (C=O) groups excluding carboxylic acids is 1. The van der Waals surface area contributed by atoms with Crippen LogP contribution in [-0.2, 0) is 18.3 Å². The van der Waals surface area contributed by atoms with Crippen LogP contribution in [0.1, 0.15) is 31.5 Å². The molecule has 1 aromatic rings. The highest BCUT2D eigenvalue weighted by molar-refractivity contribution is 5.78. The van der Waals surface area contributed by atoms with Crippen LogP contribution in [0.3, 0.4) is 0 Å². The van der Waals surface area contributed by atoms with Crippen LogP contribution in [0.5, 0.6) is 0 Å². The number of aromatic nitrogens is 2. The Hall–Kier alpha value is -1.93. The third-order valence-electron chi connectivity index (χ3n) is 4.49. The van der Waals surface area contributed by atoms with Gasteiger partial charge in [0.05, 0.1) is 6.42 Å². The molecule has 2 aliphatic rings. The van der Waals surface area contributed by atoms with Gasteiger partial charge < -0.3 is 9.47 Å². The second-order valence-electron chi connectivity index (χ2n) is 6.09. The molecule has 0 radical (unpaired) electrons. The van der Waals surface area contributed by atoms with E-state index in [2.05, 4.69) is 15.2 Å². The van der Waals surface area contributed by atoms with Crippen LogP contribution in [-0.4, -0.2) is 44.8 Å². The first-order valence-corrected chi connectivity index (χ1v) is 7.59. The van der Waals surface area contributed by atoms with Crippen molar-refractivity contribution < 1.29 is 18.0 Å². The van der Waals surface area contributed by atoms with E-state index in [4.69, 9.17) is 0 Å². The lowest BCUT2D eigenvalue weighted by atomic mass is 9.93. The lowest BCUT2D eigenvalue weighted by Gasteiger charge is -2.37. The molecule has 0 aliphatic carbocycles. The van der Waals surface area contributed by atoms with Gasteiger partial charge in [0.25, 0.3) is 5.66 Å². The summed E-state index contributed by atoms with van der Waals surface area (Å²) in [5.74, 6) is 0.410. The summed E-state index contributed by atoms with van der Waals surface area (Å²) in [6, 6.07) is -0.479. The van der Waals surface area contributed by atoms with E-state index >= 15 is 0 Å². The Bertz CT molecular complexity index is 618. The smallest absolute Gasteiger partial charge is 0.339 e. The fraction of sp³-hybridized carbons (Fsp3) is 0.714. The van der Waals surface area contributed by atoms with Crippen molar-refractivity contribution in [2.45, 2.75) is 50.0 Å². The summed E-state index contributed by atoms with van der Waals surface area (Å²) in [6.45, 7) is 0.474. The number of amides is 1. The van der Waals surface area contributed by atoms with E-state index in [0.717, 1.165) is 12.8 Å². The van der Waals surface area contributed by atoms with Crippen molar-refractivity contribution in [3.8, 4) is 0 Å². The normalized spacial score (nSPS) is 23.1. The maximum Gasteiger partial charge on any atom is 0.437 e. The van der Waals surface area contributed by atoms with Gasteiger partial charge in [0.15, 0.2) is 0 Å². The van der Waals surface area contributed by atoms with Gasteiger partial charge in [-0.3, -0.25) is 4.79 Å². The summed E-state index contributed by atoms with van der Waals surface area (Å²) >= 11 is 0. The Labute approximate surface area is 131 Å². The largest absolute Gasteiger partial charge is 0.437 e. The Balaban J connectivity index is 1.69. The molecule has 0 aromatic carbocycles. The number of likely N-dealkylation sites (tertiary alicyclic amines) is 1. The molecule has 6 nitrogen and oxygen atoms in total. The quantitative estimate of drug-likeness (QED) is 0.852. The highest BCUT2D eigenvalue weighted by Gasteiger charge is 2.64. The summed E-state index contributed by atoms with van der Waals surface area (Å²) in [5.41, 5.74) is -2.29. The number of alkyl halides is 3. The Morgan fingerprint density at radius 1 is 1.39 bits per heavy atom. The number of hydrogen-bond acceptors (Lipinski definition) is 4. The summed E-state index contributed by atoms with van der Waals surface area (Å²) in [6.07, 6.45) is 0.818. The number of rotatable bonds is 4. The summed E-state index contributed by atoms with van der Waals surface area (Å²) in [4.78, 5) is 18.2. The van der Waals surface area contributed by atoms with E-state index in [1.54, 1.807) is 28.9 Å². The van der Waals surface area contributed by atoms with E-state index in [9.17, 15) is 18.0 Å². The first-order valence-electron chi connectivity index (χ1n) is 7.59. The summed E-state index contributed by atoms with van der Waals surface area (Å²) in [5, 5.41) is 6.46. The van der Waals surface area contributed by atoms with Gasteiger partial charge in [-0.1, -0.05) is 0 Å². The number of halogens is 3. The zero-order chi connectivity index (χ0) is 16.7. The molecule has 1 saturated heterocycles. The second kappa shape index (κ2) is 5.61. The van der Waals surface area contributed by atoms with E-state index in [1.807, 2.05) is 0 Å². The van der Waals surface area contributed by atoms with Crippen molar-refractivity contribution in [3.05, 3.63) is 18.2 Å². The van der Waals surface area contributed by atoms with Crippen LogP contribution in [0.15, 0.2) is 22.6 Å². The average molecular weight is 329 g/mol. The van der Waals surface area contributed by atoms with Gasteiger partial charge in [0.2, 0.25) is 5.91 Å². The van der Waals surface area contributed by atoms with E-state index in [1.165, 1.54) is 0 Å². The summed E-state index contributed by atoms with van der Waals surface area (Å²) < 4.78 is 40.8. The van der Waals surface area contributed by atoms with Crippen LogP contribution < -0.4 is 0 Å². The molecule has 1 aromatic heterocycles. The lowest BCUT2D eigenvalue weighted by Crippen LogP contribution is -2.49. The summed E-state index contributed by atoms with van der Waals surface area (Å²) in [7, 11) is 1.78. The van der Waals surface area contributed by atoms with Crippen LogP contribution >= 0.6 is 0 Å². The predicted octanol–water partition coefficient (Wildman–Crippen LogP) is 2.46. The highest BCUT2D eigenvalue weighted by atomic mass is 19.4. The number of carbonyl (C=O) groups is 1. The third-order valence-corrected chi connectivity index (χ3v) is 4.49. The molecule has 126 valence electrons. The average Bonchev–Trinajstić information content (AvgIpc) is 3.17. The van der Waals surface area contributed by atoms with Gasteiger partial charge >= 0.3 is 6.18 Å². The minimum Gasteiger partial charge on any atom is -0.339 e. The number of piperidine rings is 1. The van der Waals surface area contributed by atoms with Gasteiger partial charge in [0, 0.05) is 38.4 Å². The number of nitrogens with zero attached hydrogens (tertiary/aromatic N) is 5. The number of hydrogen-bond donors (Lipinski definition) is 0. The molecule has 9 heteroatoms. The van der Waals surface area contributed by atoms with Gasteiger partial charge in [-0.05, 0) is 19.3 Å². The van der Waals surface area contributed by atoms with Crippen molar-refractivity contribution in [1.82, 2.24) is 14.5 Å². The maximum atomic E-state index is 13.0. The van der Waals surface area contributed by atoms with Crippen molar-refractivity contribution in [1.29, 1.82) is 0 Å². The molecule has 3 heterocycles. The molecule has 23 heavy (non-hydrogen) atoms. The molecule has 0 bridgehead atoms. The molecule has 2 aliphatic heterocycles. The van der Waals surface area contributed by atoms with Crippen LogP contribution in [0.4, 0.5) is 13.2 Å². The van der Waals surface area contributed by atoms with Crippen molar-refractivity contribution in [2.24, 2.45) is 17.3 Å². The van der Waals surface area contributed by atoms with Gasteiger partial charge in [-0.15, -0.1) is 10.2 Å². The number of imidazole rings is 1. The Morgan fingerprint density at radius 3 is 2.70 bits per heavy atom. The van der Waals surface area contributed by atoms with Gasteiger partial charge in [-0.25, -0.2) is 4.98 Å². The maximum absolute atomic E-state index is 13.0. The molecule has 1 amide bonds. The molecule has 1 unspecified atom stereocenters. The molecule has 1 atom stereocenters. The standard InChI is InChI=1S/C14H18F3N5O/c1-21-7-5-18-11(21)8-12(23)22-6-3-2-4-10(22)9-13(19-20-13)14(15,16)17/h5,7,10H,2-4,6,8-9H2,1H3. The van der Waals surface area contributed by atoms with Crippen LogP contribution in [0, 0.1) is 0 Å². The van der Waals surface area contributed by atoms with Gasteiger partial charge in [0.1, 0.15) is 5.82 Å². The fourth-order valence-corrected chi connectivity index (χ4v) is 3.04. The number of aryl methyl sites for hydroxylation is 1. The zero-order valence-corrected chi connectivity index (χ0v) is 12.8. The molecular formula is C14H18F3N5O. The fourth-order valence-electron chi connectivity index (χ4n) is 3.04. The van der Waals surface area contributed by atoms with E-state index in [0.29, 0.717) is 18.8 Å².